The lowest BCUT2D eigenvalue weighted by molar-refractivity contribution is -0.141. The monoisotopic (exact) mass is 473 g/mol. The molecule has 34 heavy (non-hydrogen) atoms. The van der Waals surface area contributed by atoms with Crippen LogP contribution in [0, 0.1) is 5.92 Å². The van der Waals surface area contributed by atoms with Crippen molar-refractivity contribution in [2.75, 3.05) is 4.90 Å². The number of carbonyl (C=O) groups excluding carboxylic acids is 3. The number of esters is 1. The predicted molar refractivity (Wildman–Crippen MR) is 130 cm³/mol. The SMILES string of the molecule is CC(C)(C)c1ccc(N2C(=O)C[C@@H]([C@@]3(c4ccccc4)C(=O)Oc4ccc(Cl)cc43)C2=O)cc1. The lowest BCUT2D eigenvalue weighted by Gasteiger charge is -2.31. The summed E-state index contributed by atoms with van der Waals surface area (Å²) in [5.41, 5.74) is 1.16. The van der Waals surface area contributed by atoms with Crippen molar-refractivity contribution in [3.63, 3.8) is 0 Å². The number of anilines is 1. The Hall–Kier alpha value is -3.44. The predicted octanol–water partition coefficient (Wildman–Crippen LogP) is 5.42. The van der Waals surface area contributed by atoms with Gasteiger partial charge in [0, 0.05) is 17.0 Å². The smallest absolute Gasteiger partial charge is 0.327 e. The number of carbonyl (C=O) groups is 3. The molecule has 0 bridgehead atoms. The molecule has 2 atom stereocenters. The van der Waals surface area contributed by atoms with E-state index in [9.17, 15) is 14.4 Å². The first-order chi connectivity index (χ1) is 16.1. The van der Waals surface area contributed by atoms with Crippen LogP contribution in [0.2, 0.25) is 5.02 Å². The van der Waals surface area contributed by atoms with Gasteiger partial charge in [0.15, 0.2) is 0 Å². The second-order valence-electron chi connectivity index (χ2n) is 9.83. The number of amides is 2. The molecular weight excluding hydrogens is 450 g/mol. The van der Waals surface area contributed by atoms with Crippen LogP contribution >= 0.6 is 11.6 Å². The van der Waals surface area contributed by atoms with Gasteiger partial charge in [0.05, 0.1) is 11.6 Å². The van der Waals surface area contributed by atoms with E-state index in [-0.39, 0.29) is 17.7 Å². The minimum atomic E-state index is -1.46. The van der Waals surface area contributed by atoms with Crippen LogP contribution in [0.1, 0.15) is 43.9 Å². The van der Waals surface area contributed by atoms with Crippen LogP contribution in [0.15, 0.2) is 72.8 Å². The quantitative estimate of drug-likeness (QED) is 0.289. The number of halogens is 1. The fraction of sp³-hybridized carbons (Fsp3) is 0.250. The van der Waals surface area contributed by atoms with Crippen LogP contribution in [0.4, 0.5) is 5.69 Å². The number of fused-ring (bicyclic) bond motifs is 1. The van der Waals surface area contributed by atoms with Crippen LogP contribution in [0.3, 0.4) is 0 Å². The molecule has 0 spiro atoms. The van der Waals surface area contributed by atoms with Crippen molar-refractivity contribution in [3.8, 4) is 5.75 Å². The summed E-state index contributed by atoms with van der Waals surface area (Å²) in [5, 5.41) is 0.420. The van der Waals surface area contributed by atoms with E-state index in [1.807, 2.05) is 18.2 Å². The average Bonchev–Trinajstić information content (AvgIpc) is 3.26. The molecule has 2 aliphatic heterocycles. The number of hydrogen-bond donors (Lipinski definition) is 0. The van der Waals surface area contributed by atoms with E-state index in [0.717, 1.165) is 5.56 Å². The van der Waals surface area contributed by atoms with E-state index in [1.165, 1.54) is 4.90 Å². The Kier molecular flexibility index (Phi) is 5.14. The Morgan fingerprint density at radius 2 is 1.62 bits per heavy atom. The van der Waals surface area contributed by atoms with E-state index in [0.29, 0.717) is 27.6 Å². The van der Waals surface area contributed by atoms with Crippen molar-refractivity contribution in [1.29, 1.82) is 0 Å². The van der Waals surface area contributed by atoms with Gasteiger partial charge < -0.3 is 4.74 Å². The molecule has 2 heterocycles. The molecule has 5 nitrogen and oxygen atoms in total. The molecule has 0 saturated carbocycles. The standard InChI is InChI=1S/C28H24ClNO4/c1-27(2,3)17-9-12-20(13-10-17)30-24(31)16-22(25(30)32)28(18-7-5-4-6-8-18)21-15-19(29)11-14-23(21)34-26(28)33/h4-15,22H,16H2,1-3H3/t22-,28+/m1/s1. The molecule has 0 aromatic heterocycles. The zero-order valence-electron chi connectivity index (χ0n) is 19.2. The maximum atomic E-state index is 13.9. The minimum Gasteiger partial charge on any atom is -0.425 e. The van der Waals surface area contributed by atoms with Crippen LogP contribution in [0.25, 0.3) is 0 Å². The van der Waals surface area contributed by atoms with E-state index in [1.54, 1.807) is 54.6 Å². The number of benzene rings is 3. The zero-order valence-corrected chi connectivity index (χ0v) is 19.9. The third-order valence-corrected chi connectivity index (χ3v) is 7.02. The van der Waals surface area contributed by atoms with Crippen molar-refractivity contribution in [2.45, 2.75) is 38.0 Å². The number of ether oxygens (including phenoxy) is 1. The molecule has 0 aliphatic carbocycles. The molecule has 0 radical (unpaired) electrons. The van der Waals surface area contributed by atoms with Gasteiger partial charge in [-0.15, -0.1) is 0 Å². The van der Waals surface area contributed by atoms with E-state index < -0.39 is 23.2 Å². The highest BCUT2D eigenvalue weighted by Gasteiger charge is 2.62. The Labute approximate surface area is 203 Å². The van der Waals surface area contributed by atoms with Crippen LogP contribution in [-0.2, 0) is 25.2 Å². The molecule has 1 saturated heterocycles. The molecule has 1 fully saturated rings. The van der Waals surface area contributed by atoms with Crippen LogP contribution in [0.5, 0.6) is 5.75 Å². The molecule has 2 aliphatic rings. The fourth-order valence-corrected chi connectivity index (χ4v) is 5.22. The van der Waals surface area contributed by atoms with Gasteiger partial charge in [-0.2, -0.15) is 0 Å². The Balaban J connectivity index is 1.64. The van der Waals surface area contributed by atoms with E-state index in [2.05, 4.69) is 20.8 Å². The lowest BCUT2D eigenvalue weighted by Crippen LogP contribution is -2.46. The summed E-state index contributed by atoms with van der Waals surface area (Å²) in [4.78, 5) is 41.8. The maximum Gasteiger partial charge on any atom is 0.327 e. The Morgan fingerprint density at radius 3 is 2.26 bits per heavy atom. The first kappa shape index (κ1) is 22.4. The molecule has 6 heteroatoms. The fourth-order valence-electron chi connectivity index (χ4n) is 5.05. The number of rotatable bonds is 3. The highest BCUT2D eigenvalue weighted by atomic mass is 35.5. The van der Waals surface area contributed by atoms with Crippen molar-refractivity contribution in [2.24, 2.45) is 5.92 Å². The summed E-state index contributed by atoms with van der Waals surface area (Å²) in [6, 6.07) is 21.4. The maximum absolute atomic E-state index is 13.9. The first-order valence-electron chi connectivity index (χ1n) is 11.2. The lowest BCUT2D eigenvalue weighted by atomic mass is 9.66. The van der Waals surface area contributed by atoms with E-state index >= 15 is 0 Å². The average molecular weight is 474 g/mol. The second kappa shape index (κ2) is 7.81. The van der Waals surface area contributed by atoms with Gasteiger partial charge in [-0.3, -0.25) is 19.3 Å². The summed E-state index contributed by atoms with van der Waals surface area (Å²) in [5.74, 6) is -1.96. The van der Waals surface area contributed by atoms with E-state index in [4.69, 9.17) is 16.3 Å². The van der Waals surface area contributed by atoms with Crippen molar-refractivity contribution in [3.05, 3.63) is 94.5 Å². The van der Waals surface area contributed by atoms with Gasteiger partial charge in [0.25, 0.3) is 0 Å². The van der Waals surface area contributed by atoms with Crippen LogP contribution < -0.4 is 9.64 Å². The highest BCUT2D eigenvalue weighted by Crippen LogP contribution is 2.53. The number of nitrogens with zero attached hydrogens (tertiary/aromatic N) is 1. The molecule has 0 N–H and O–H groups in total. The third kappa shape index (κ3) is 3.26. The summed E-state index contributed by atoms with van der Waals surface area (Å²) < 4.78 is 5.64. The number of hydrogen-bond acceptors (Lipinski definition) is 4. The van der Waals surface area contributed by atoms with Crippen molar-refractivity contribution < 1.29 is 19.1 Å². The summed E-state index contributed by atoms with van der Waals surface area (Å²) >= 11 is 6.30. The van der Waals surface area contributed by atoms with Gasteiger partial charge in [0.1, 0.15) is 11.2 Å². The van der Waals surface area contributed by atoms with Gasteiger partial charge in [0.2, 0.25) is 11.8 Å². The summed E-state index contributed by atoms with van der Waals surface area (Å²) in [6.07, 6.45) is -0.115. The van der Waals surface area contributed by atoms with Crippen molar-refractivity contribution >= 4 is 35.1 Å². The summed E-state index contributed by atoms with van der Waals surface area (Å²) in [6.45, 7) is 6.30. The van der Waals surface area contributed by atoms with Gasteiger partial charge in [-0.05, 0) is 46.9 Å². The molecule has 3 aromatic rings. The molecule has 172 valence electrons. The van der Waals surface area contributed by atoms with Gasteiger partial charge in [-0.25, -0.2) is 0 Å². The third-order valence-electron chi connectivity index (χ3n) is 6.78. The summed E-state index contributed by atoms with van der Waals surface area (Å²) in [7, 11) is 0. The van der Waals surface area contributed by atoms with Gasteiger partial charge in [-0.1, -0.05) is 74.8 Å². The molecule has 0 unspecified atom stereocenters. The van der Waals surface area contributed by atoms with Crippen LogP contribution in [-0.4, -0.2) is 17.8 Å². The largest absolute Gasteiger partial charge is 0.425 e. The highest BCUT2D eigenvalue weighted by molar-refractivity contribution is 6.31. The Morgan fingerprint density at radius 1 is 0.941 bits per heavy atom. The minimum absolute atomic E-state index is 0.0615. The molecule has 5 rings (SSSR count). The normalized spacial score (nSPS) is 22.2. The van der Waals surface area contributed by atoms with Crippen molar-refractivity contribution in [1.82, 2.24) is 0 Å². The number of imide groups is 1. The Bertz CT molecular complexity index is 1310. The van der Waals surface area contributed by atoms with Gasteiger partial charge >= 0.3 is 5.97 Å². The zero-order chi connectivity index (χ0) is 24.3. The molecule has 2 amide bonds. The first-order valence-corrected chi connectivity index (χ1v) is 11.6. The topological polar surface area (TPSA) is 63.7 Å². The molecular formula is C28H24ClNO4. The second-order valence-corrected chi connectivity index (χ2v) is 10.3. The molecule has 3 aromatic carbocycles.